The first-order valence-corrected chi connectivity index (χ1v) is 5.83. The molecule has 1 aliphatic rings. The first-order valence-electron chi connectivity index (χ1n) is 4.30. The van der Waals surface area contributed by atoms with Crippen LogP contribution in [0.5, 0.6) is 0 Å². The van der Waals surface area contributed by atoms with Crippen LogP contribution in [0.1, 0.15) is 0 Å². The van der Waals surface area contributed by atoms with Crippen molar-refractivity contribution in [1.29, 1.82) is 0 Å². The Bertz CT molecular complexity index is 277. The van der Waals surface area contributed by atoms with Crippen LogP contribution < -0.4 is 0 Å². The Balaban J connectivity index is 2.57. The molecule has 10 heteroatoms. The van der Waals surface area contributed by atoms with Crippen molar-refractivity contribution in [2.45, 2.75) is 30.7 Å². The van der Waals surface area contributed by atoms with E-state index in [1.807, 2.05) is 0 Å². The van der Waals surface area contributed by atoms with Gasteiger partial charge in [-0.25, -0.2) is 4.57 Å². The fourth-order valence-electron chi connectivity index (χ4n) is 1.24. The van der Waals surface area contributed by atoms with Crippen LogP contribution in [-0.2, 0) is 13.8 Å². The summed E-state index contributed by atoms with van der Waals surface area (Å²) in [6, 6.07) is 0. The van der Waals surface area contributed by atoms with Crippen LogP contribution in [0.3, 0.4) is 0 Å². The molecule has 0 aromatic heterocycles. The molecule has 0 amide bonds. The topological polar surface area (TPSA) is 157 Å². The van der Waals surface area contributed by atoms with E-state index in [1.165, 1.54) is 0 Å². The van der Waals surface area contributed by atoms with E-state index < -0.39 is 45.1 Å². The summed E-state index contributed by atoms with van der Waals surface area (Å²) in [6.45, 7) is -0.730. The fraction of sp³-hybridized carbons (Fsp3) is 1.00. The zero-order valence-corrected chi connectivity index (χ0v) is 8.84. The molecule has 1 rings (SSSR count). The maximum Gasteiger partial charge on any atom is 0.469 e. The Morgan fingerprint density at radius 3 is 2.12 bits per heavy atom. The van der Waals surface area contributed by atoms with E-state index in [2.05, 4.69) is 9.26 Å². The van der Waals surface area contributed by atoms with E-state index in [0.29, 0.717) is 0 Å². The van der Waals surface area contributed by atoms with E-state index in [0.717, 1.165) is 0 Å². The number of rotatable bonds is 3. The number of hydrogen-bond donors (Lipinski definition) is 6. The first-order chi connectivity index (χ1) is 7.22. The molecule has 9 nitrogen and oxygen atoms in total. The summed E-state index contributed by atoms with van der Waals surface area (Å²) in [6.07, 6.45) is -8.11. The second-order valence-corrected chi connectivity index (χ2v) is 4.56. The van der Waals surface area contributed by atoms with Gasteiger partial charge in [0.1, 0.15) is 24.4 Å². The highest BCUT2D eigenvalue weighted by Gasteiger charge is 2.43. The molecule has 1 heterocycles. The largest absolute Gasteiger partial charge is 0.469 e. The van der Waals surface area contributed by atoms with Crippen molar-refractivity contribution in [1.82, 2.24) is 0 Å². The maximum atomic E-state index is 10.4. The van der Waals surface area contributed by atoms with Crippen molar-refractivity contribution in [3.8, 4) is 0 Å². The molecule has 1 unspecified atom stereocenters. The van der Waals surface area contributed by atoms with Gasteiger partial charge in [0, 0.05) is 0 Å². The monoisotopic (exact) mass is 260 g/mol. The van der Waals surface area contributed by atoms with Gasteiger partial charge < -0.3 is 34.9 Å². The predicted octanol–water partition coefficient (Wildman–Crippen LogP) is -3.10. The van der Waals surface area contributed by atoms with Crippen LogP contribution in [0.2, 0.25) is 0 Å². The number of aliphatic hydroxyl groups excluding tert-OH is 4. The molecule has 0 aliphatic carbocycles. The summed E-state index contributed by atoms with van der Waals surface area (Å²) < 4.78 is 19.0. The zero-order chi connectivity index (χ0) is 12.5. The standard InChI is InChI=1S/C6H13O9P/c7-3-2(1-14-16(11,12)13)15-6(10)5(9)4(3)8/h2-10H,1H2,(H2,11,12,13)/t2?,3-,4+,5-,6+/m0/s1. The van der Waals surface area contributed by atoms with Crippen molar-refractivity contribution in [2.24, 2.45) is 0 Å². The van der Waals surface area contributed by atoms with E-state index in [4.69, 9.17) is 20.0 Å². The molecule has 16 heavy (non-hydrogen) atoms. The third-order valence-electron chi connectivity index (χ3n) is 2.09. The number of phosphoric acid groups is 1. The minimum Gasteiger partial charge on any atom is -0.387 e. The van der Waals surface area contributed by atoms with Gasteiger partial charge in [-0.2, -0.15) is 0 Å². The van der Waals surface area contributed by atoms with Gasteiger partial charge in [0.05, 0.1) is 6.61 Å². The van der Waals surface area contributed by atoms with Crippen LogP contribution in [0.4, 0.5) is 0 Å². The summed E-state index contributed by atoms with van der Waals surface area (Å²) in [5, 5.41) is 36.7. The lowest BCUT2D eigenvalue weighted by Gasteiger charge is -2.38. The normalized spacial score (nSPS) is 41.0. The smallest absolute Gasteiger partial charge is 0.387 e. The summed E-state index contributed by atoms with van der Waals surface area (Å²) in [5.41, 5.74) is 0. The van der Waals surface area contributed by atoms with Crippen molar-refractivity contribution in [3.05, 3.63) is 0 Å². The van der Waals surface area contributed by atoms with Crippen LogP contribution in [0.15, 0.2) is 0 Å². The van der Waals surface area contributed by atoms with E-state index in [1.54, 1.807) is 0 Å². The minimum atomic E-state index is -4.73. The first kappa shape index (κ1) is 14.0. The summed E-state index contributed by atoms with van der Waals surface area (Å²) in [7, 11) is -4.73. The lowest BCUT2D eigenvalue weighted by molar-refractivity contribution is -0.285. The molecule has 0 aromatic rings. The Labute approximate surface area is 90.1 Å². The van der Waals surface area contributed by atoms with Gasteiger partial charge in [-0.1, -0.05) is 0 Å². The van der Waals surface area contributed by atoms with Crippen molar-refractivity contribution in [2.75, 3.05) is 6.61 Å². The summed E-state index contributed by atoms with van der Waals surface area (Å²) >= 11 is 0. The molecule has 0 bridgehead atoms. The molecule has 96 valence electrons. The molecule has 5 atom stereocenters. The third kappa shape index (κ3) is 3.45. The van der Waals surface area contributed by atoms with Gasteiger partial charge in [-0.05, 0) is 0 Å². The fourth-order valence-corrected chi connectivity index (χ4v) is 1.58. The van der Waals surface area contributed by atoms with E-state index in [-0.39, 0.29) is 0 Å². The second-order valence-electron chi connectivity index (χ2n) is 3.32. The van der Waals surface area contributed by atoms with Gasteiger partial charge >= 0.3 is 7.82 Å². The lowest BCUT2D eigenvalue weighted by Crippen LogP contribution is -2.58. The number of phosphoric ester groups is 1. The molecule has 6 N–H and O–H groups in total. The van der Waals surface area contributed by atoms with Gasteiger partial charge in [-0.15, -0.1) is 0 Å². The van der Waals surface area contributed by atoms with Crippen molar-refractivity contribution in [3.63, 3.8) is 0 Å². The SMILES string of the molecule is O=P(O)(O)OCC1O[C@@H](O)[C@@H](O)[C@H](O)[C@H]1O. The Kier molecular flexibility index (Phi) is 4.41. The van der Waals surface area contributed by atoms with Crippen LogP contribution in [0.25, 0.3) is 0 Å². The van der Waals surface area contributed by atoms with E-state index in [9.17, 15) is 14.8 Å². The second kappa shape index (κ2) is 5.05. The molecule has 1 fully saturated rings. The highest BCUT2D eigenvalue weighted by molar-refractivity contribution is 7.46. The van der Waals surface area contributed by atoms with Gasteiger partial charge in [0.2, 0.25) is 0 Å². The van der Waals surface area contributed by atoms with Crippen LogP contribution in [-0.4, -0.2) is 67.5 Å². The van der Waals surface area contributed by atoms with Gasteiger partial charge in [0.15, 0.2) is 6.29 Å². The van der Waals surface area contributed by atoms with Crippen molar-refractivity contribution < 1.29 is 44.0 Å². The van der Waals surface area contributed by atoms with E-state index >= 15 is 0 Å². The third-order valence-corrected chi connectivity index (χ3v) is 2.58. The Hall–Kier alpha value is -0.0900. The van der Waals surface area contributed by atoms with Crippen LogP contribution >= 0.6 is 7.82 Å². The summed E-state index contributed by atoms with van der Waals surface area (Å²) in [4.78, 5) is 16.8. The summed E-state index contributed by atoms with van der Waals surface area (Å²) in [5.74, 6) is 0. The molecule has 1 saturated heterocycles. The van der Waals surface area contributed by atoms with Gasteiger partial charge in [0.25, 0.3) is 0 Å². The molecular formula is C6H13O9P. The number of aliphatic hydroxyl groups is 4. The number of hydrogen-bond acceptors (Lipinski definition) is 7. The molecule has 0 radical (unpaired) electrons. The maximum absolute atomic E-state index is 10.4. The Morgan fingerprint density at radius 2 is 1.62 bits per heavy atom. The lowest BCUT2D eigenvalue weighted by atomic mass is 10.00. The van der Waals surface area contributed by atoms with Crippen molar-refractivity contribution >= 4 is 7.82 Å². The highest BCUT2D eigenvalue weighted by atomic mass is 31.2. The average Bonchev–Trinajstić information content (AvgIpc) is 2.17. The Morgan fingerprint density at radius 1 is 1.06 bits per heavy atom. The zero-order valence-electron chi connectivity index (χ0n) is 7.95. The minimum absolute atomic E-state index is 0.730. The molecule has 0 saturated carbocycles. The molecule has 0 aromatic carbocycles. The molecular weight excluding hydrogens is 247 g/mol. The van der Waals surface area contributed by atoms with Gasteiger partial charge in [-0.3, -0.25) is 4.52 Å². The molecule has 0 spiro atoms. The highest BCUT2D eigenvalue weighted by Crippen LogP contribution is 2.36. The quantitative estimate of drug-likeness (QED) is 0.289. The average molecular weight is 260 g/mol. The van der Waals surface area contributed by atoms with Crippen LogP contribution in [0, 0.1) is 0 Å². The number of ether oxygens (including phenoxy) is 1. The predicted molar refractivity (Wildman–Crippen MR) is 46.9 cm³/mol. The molecule has 1 aliphatic heterocycles.